The second-order valence-electron chi connectivity index (χ2n) is 7.11. The third-order valence-electron chi connectivity index (χ3n) is 4.60. The minimum Gasteiger partial charge on any atom is -0.368 e. The van der Waals surface area contributed by atoms with Crippen LogP contribution in [-0.4, -0.2) is 42.0 Å². The molecule has 3 N–H and O–H groups in total. The van der Waals surface area contributed by atoms with Crippen molar-refractivity contribution in [3.05, 3.63) is 0 Å². The molecule has 0 aromatic heterocycles. The number of amides is 1. The Morgan fingerprint density at radius 3 is 2.52 bits per heavy atom. The summed E-state index contributed by atoms with van der Waals surface area (Å²) < 4.78 is 0. The number of hydrogen-bond donors (Lipinski definition) is 2. The van der Waals surface area contributed by atoms with Crippen LogP contribution in [-0.2, 0) is 4.79 Å². The van der Waals surface area contributed by atoms with E-state index in [2.05, 4.69) is 31.0 Å². The van der Waals surface area contributed by atoms with E-state index in [-0.39, 0.29) is 5.91 Å². The van der Waals surface area contributed by atoms with Gasteiger partial charge < -0.3 is 16.0 Å². The molecule has 0 aromatic rings. The molecule has 1 rings (SSSR count). The summed E-state index contributed by atoms with van der Waals surface area (Å²) in [5.74, 6) is 0.712. The number of primary amides is 1. The molecule has 0 saturated heterocycles. The Bertz CT molecular complexity index is 315. The molecule has 4 nitrogen and oxygen atoms in total. The van der Waals surface area contributed by atoms with Gasteiger partial charge in [-0.05, 0) is 78.3 Å². The van der Waals surface area contributed by atoms with E-state index >= 15 is 0 Å². The first-order valence-electron chi connectivity index (χ1n) is 8.68. The summed E-state index contributed by atoms with van der Waals surface area (Å²) in [5, 5.41) is 3.31. The van der Waals surface area contributed by atoms with Gasteiger partial charge in [0.15, 0.2) is 0 Å². The number of carbonyl (C=O) groups is 1. The van der Waals surface area contributed by atoms with Crippen molar-refractivity contribution < 1.29 is 4.79 Å². The van der Waals surface area contributed by atoms with E-state index in [4.69, 9.17) is 5.73 Å². The van der Waals surface area contributed by atoms with Gasteiger partial charge in [-0.1, -0.05) is 6.92 Å². The van der Waals surface area contributed by atoms with Crippen molar-refractivity contribution >= 4 is 5.91 Å². The second-order valence-corrected chi connectivity index (χ2v) is 7.11. The normalized spacial score (nSPS) is 18.2. The van der Waals surface area contributed by atoms with Crippen molar-refractivity contribution in [3.63, 3.8) is 0 Å². The fourth-order valence-corrected chi connectivity index (χ4v) is 2.69. The molecule has 21 heavy (non-hydrogen) atoms. The Labute approximate surface area is 130 Å². The van der Waals surface area contributed by atoms with Crippen LogP contribution >= 0.6 is 0 Å². The summed E-state index contributed by atoms with van der Waals surface area (Å²) in [6, 6.07) is 0.617. The van der Waals surface area contributed by atoms with E-state index in [0.717, 1.165) is 44.7 Å². The summed E-state index contributed by atoms with van der Waals surface area (Å²) >= 11 is 0. The molecule has 1 atom stereocenters. The van der Waals surface area contributed by atoms with E-state index < -0.39 is 5.54 Å². The third-order valence-corrected chi connectivity index (χ3v) is 4.60. The van der Waals surface area contributed by atoms with Crippen molar-refractivity contribution in [3.8, 4) is 0 Å². The van der Waals surface area contributed by atoms with Crippen LogP contribution in [0.1, 0.15) is 66.2 Å². The first-order valence-corrected chi connectivity index (χ1v) is 8.68. The average molecular weight is 297 g/mol. The molecule has 0 spiro atoms. The molecule has 124 valence electrons. The van der Waals surface area contributed by atoms with Crippen molar-refractivity contribution in [2.24, 2.45) is 11.7 Å². The zero-order valence-electron chi connectivity index (χ0n) is 14.5. The van der Waals surface area contributed by atoms with Crippen LogP contribution in [0.3, 0.4) is 0 Å². The molecule has 0 radical (unpaired) electrons. The van der Waals surface area contributed by atoms with Gasteiger partial charge in [-0.3, -0.25) is 4.79 Å². The Morgan fingerprint density at radius 1 is 1.38 bits per heavy atom. The SMILES string of the molecule is CCCNC(C)(CCCCN(CC1CC1)C(C)C)C(N)=O. The number of nitrogens with one attached hydrogen (secondary N) is 1. The van der Waals surface area contributed by atoms with Gasteiger partial charge in [0.25, 0.3) is 0 Å². The number of carbonyl (C=O) groups excluding carboxylic acids is 1. The van der Waals surface area contributed by atoms with Crippen LogP contribution in [0.4, 0.5) is 0 Å². The Morgan fingerprint density at radius 2 is 2.05 bits per heavy atom. The van der Waals surface area contributed by atoms with Crippen molar-refractivity contribution in [1.29, 1.82) is 0 Å². The van der Waals surface area contributed by atoms with Gasteiger partial charge in [-0.15, -0.1) is 0 Å². The number of unbranched alkanes of at least 4 members (excludes halogenated alkanes) is 1. The Balaban J connectivity index is 2.30. The smallest absolute Gasteiger partial charge is 0.237 e. The highest BCUT2D eigenvalue weighted by molar-refractivity contribution is 5.84. The van der Waals surface area contributed by atoms with Crippen LogP contribution in [0.5, 0.6) is 0 Å². The Hall–Kier alpha value is -0.610. The number of rotatable bonds is 12. The highest BCUT2D eigenvalue weighted by Crippen LogP contribution is 2.30. The first-order chi connectivity index (χ1) is 9.89. The molecule has 1 aliphatic rings. The predicted molar refractivity (Wildman–Crippen MR) is 89.2 cm³/mol. The van der Waals surface area contributed by atoms with E-state index in [0.29, 0.717) is 6.04 Å². The molecular formula is C17H35N3O. The fourth-order valence-electron chi connectivity index (χ4n) is 2.69. The summed E-state index contributed by atoms with van der Waals surface area (Å²) in [6.45, 7) is 11.8. The molecule has 0 bridgehead atoms. The minimum atomic E-state index is -0.546. The molecule has 1 amide bonds. The van der Waals surface area contributed by atoms with Gasteiger partial charge >= 0.3 is 0 Å². The lowest BCUT2D eigenvalue weighted by Gasteiger charge is -2.29. The van der Waals surface area contributed by atoms with Crippen molar-refractivity contribution in [2.45, 2.75) is 77.8 Å². The van der Waals surface area contributed by atoms with E-state index in [1.807, 2.05) is 6.92 Å². The monoisotopic (exact) mass is 297 g/mol. The topological polar surface area (TPSA) is 58.4 Å². The van der Waals surface area contributed by atoms with Crippen LogP contribution in [0.15, 0.2) is 0 Å². The number of nitrogens with zero attached hydrogens (tertiary/aromatic N) is 1. The molecule has 0 aliphatic heterocycles. The fraction of sp³-hybridized carbons (Fsp3) is 0.941. The van der Waals surface area contributed by atoms with Crippen LogP contribution in [0, 0.1) is 5.92 Å². The molecule has 1 unspecified atom stereocenters. The minimum absolute atomic E-state index is 0.227. The van der Waals surface area contributed by atoms with Crippen molar-refractivity contribution in [1.82, 2.24) is 10.2 Å². The lowest BCUT2D eigenvalue weighted by molar-refractivity contribution is -0.124. The second kappa shape index (κ2) is 8.74. The third kappa shape index (κ3) is 6.79. The van der Waals surface area contributed by atoms with E-state index in [9.17, 15) is 4.79 Å². The molecule has 1 saturated carbocycles. The Kier molecular flexibility index (Phi) is 7.67. The highest BCUT2D eigenvalue weighted by Gasteiger charge is 2.29. The van der Waals surface area contributed by atoms with Crippen LogP contribution in [0.2, 0.25) is 0 Å². The molecular weight excluding hydrogens is 262 g/mol. The van der Waals surface area contributed by atoms with Gasteiger partial charge in [0.2, 0.25) is 5.91 Å². The quantitative estimate of drug-likeness (QED) is 0.544. The maximum atomic E-state index is 11.7. The maximum Gasteiger partial charge on any atom is 0.237 e. The largest absolute Gasteiger partial charge is 0.368 e. The van der Waals surface area contributed by atoms with Crippen molar-refractivity contribution in [2.75, 3.05) is 19.6 Å². The van der Waals surface area contributed by atoms with Gasteiger partial charge in [-0.2, -0.15) is 0 Å². The average Bonchev–Trinajstić information content (AvgIpc) is 3.23. The molecule has 1 aliphatic carbocycles. The van der Waals surface area contributed by atoms with Gasteiger partial charge in [0, 0.05) is 12.6 Å². The van der Waals surface area contributed by atoms with Gasteiger partial charge in [0.05, 0.1) is 5.54 Å². The summed E-state index contributed by atoms with van der Waals surface area (Å²) in [6.07, 6.45) is 6.85. The summed E-state index contributed by atoms with van der Waals surface area (Å²) in [5.41, 5.74) is 5.02. The summed E-state index contributed by atoms with van der Waals surface area (Å²) in [4.78, 5) is 14.2. The van der Waals surface area contributed by atoms with E-state index in [1.54, 1.807) is 0 Å². The maximum absolute atomic E-state index is 11.7. The standard InChI is InChI=1S/C17H35N3O/c1-5-11-19-17(4,16(18)21)10-6-7-12-20(14(2)3)13-15-8-9-15/h14-15,19H,5-13H2,1-4H3,(H2,18,21). The molecule has 0 aromatic carbocycles. The lowest BCUT2D eigenvalue weighted by atomic mass is 9.93. The van der Waals surface area contributed by atoms with Crippen LogP contribution < -0.4 is 11.1 Å². The number of hydrogen-bond acceptors (Lipinski definition) is 3. The zero-order chi connectivity index (χ0) is 15.9. The zero-order valence-corrected chi connectivity index (χ0v) is 14.5. The summed E-state index contributed by atoms with van der Waals surface area (Å²) in [7, 11) is 0. The molecule has 1 fully saturated rings. The van der Waals surface area contributed by atoms with E-state index in [1.165, 1.54) is 19.4 Å². The lowest BCUT2D eigenvalue weighted by Crippen LogP contribution is -2.53. The molecule has 4 heteroatoms. The van der Waals surface area contributed by atoms with Crippen LogP contribution in [0.25, 0.3) is 0 Å². The highest BCUT2D eigenvalue weighted by atomic mass is 16.1. The van der Waals surface area contributed by atoms with Gasteiger partial charge in [-0.25, -0.2) is 0 Å². The predicted octanol–water partition coefficient (Wildman–Crippen LogP) is 2.52. The number of nitrogens with two attached hydrogens (primary N) is 1. The first kappa shape index (κ1) is 18.4. The molecule has 0 heterocycles. The van der Waals surface area contributed by atoms with Gasteiger partial charge in [0.1, 0.15) is 0 Å².